The Kier molecular flexibility index (Phi) is 8.60. The van der Waals surface area contributed by atoms with Gasteiger partial charge < -0.3 is 20.8 Å². The zero-order valence-corrected chi connectivity index (χ0v) is 24.3. The van der Waals surface area contributed by atoms with Gasteiger partial charge in [-0.25, -0.2) is 0 Å². The first-order chi connectivity index (χ1) is 21.0. The summed E-state index contributed by atoms with van der Waals surface area (Å²) in [5.74, 6) is -0.188. The van der Waals surface area contributed by atoms with E-state index in [1.165, 1.54) is 0 Å². The van der Waals surface area contributed by atoms with Gasteiger partial charge in [-0.2, -0.15) is 0 Å². The number of aliphatic hydroxyl groups excluding tert-OH is 2. The van der Waals surface area contributed by atoms with E-state index in [2.05, 4.69) is 45.9 Å². The Morgan fingerprint density at radius 1 is 0.930 bits per heavy atom. The summed E-state index contributed by atoms with van der Waals surface area (Å²) in [5.41, 5.74) is 6.13. The van der Waals surface area contributed by atoms with Gasteiger partial charge in [-0.3, -0.25) is 19.7 Å². The summed E-state index contributed by atoms with van der Waals surface area (Å²) >= 11 is 0. The largest absolute Gasteiger partial charge is 0.395 e. The molecule has 5 aromatic rings. The minimum Gasteiger partial charge on any atom is -0.395 e. The molecule has 2 heterocycles. The maximum atomic E-state index is 13.3. The van der Waals surface area contributed by atoms with Crippen LogP contribution in [0.1, 0.15) is 36.0 Å². The molecule has 8 nitrogen and oxygen atoms in total. The number of aliphatic hydroxyl groups is 2. The van der Waals surface area contributed by atoms with Crippen molar-refractivity contribution in [3.8, 4) is 22.4 Å². The van der Waals surface area contributed by atoms with Crippen LogP contribution in [0, 0.1) is 0 Å². The first-order valence-corrected chi connectivity index (χ1v) is 14.9. The standard InChI is InChI=1S/C35H37N5O3/c1-40(17-18-41)22-38-35(43)31-14-9-24(20-33(31)39-26-10-12-27(42)13-11-26)34-30-7-4-6-28(29(30)15-16-36-34)25-19-23-5-2-3-8-32(23)37-21-25/h2-9,14-16,19-21,26-27,39,41-42H,10-13,17-18,22H2,1H3,(H,38,43). The fourth-order valence-corrected chi connectivity index (χ4v) is 5.91. The van der Waals surface area contributed by atoms with Crippen LogP contribution in [0.2, 0.25) is 0 Å². The van der Waals surface area contributed by atoms with Gasteiger partial charge in [0.25, 0.3) is 5.91 Å². The van der Waals surface area contributed by atoms with Crippen molar-refractivity contribution in [1.82, 2.24) is 20.2 Å². The Morgan fingerprint density at radius 2 is 1.77 bits per heavy atom. The average molecular weight is 576 g/mol. The summed E-state index contributed by atoms with van der Waals surface area (Å²) in [6, 6.07) is 24.6. The number of hydrogen-bond acceptors (Lipinski definition) is 7. The number of amides is 1. The highest BCUT2D eigenvalue weighted by molar-refractivity contribution is 6.05. The molecule has 1 aliphatic rings. The van der Waals surface area contributed by atoms with Gasteiger partial charge in [0, 0.05) is 52.6 Å². The molecule has 0 atom stereocenters. The highest BCUT2D eigenvalue weighted by atomic mass is 16.3. The summed E-state index contributed by atoms with van der Waals surface area (Å²) in [6.45, 7) is 0.824. The number of carbonyl (C=O) groups is 1. The maximum absolute atomic E-state index is 13.3. The van der Waals surface area contributed by atoms with Gasteiger partial charge in [0.1, 0.15) is 0 Å². The molecule has 4 N–H and O–H groups in total. The Labute approximate surface area is 251 Å². The first-order valence-electron chi connectivity index (χ1n) is 14.9. The number of rotatable bonds is 9. The molecular weight excluding hydrogens is 538 g/mol. The minimum absolute atomic E-state index is 0.0263. The van der Waals surface area contributed by atoms with Crippen LogP contribution in [-0.2, 0) is 0 Å². The summed E-state index contributed by atoms with van der Waals surface area (Å²) in [6.07, 6.45) is 6.64. The Balaban J connectivity index is 1.38. The van der Waals surface area contributed by atoms with Crippen LogP contribution in [0.3, 0.4) is 0 Å². The van der Waals surface area contributed by atoms with Crippen LogP contribution in [-0.4, -0.2) is 70.0 Å². The van der Waals surface area contributed by atoms with E-state index in [0.29, 0.717) is 18.8 Å². The van der Waals surface area contributed by atoms with Crippen LogP contribution >= 0.6 is 0 Å². The van der Waals surface area contributed by atoms with Gasteiger partial charge in [-0.15, -0.1) is 0 Å². The van der Waals surface area contributed by atoms with E-state index in [9.17, 15) is 15.0 Å². The third kappa shape index (κ3) is 6.37. The molecule has 0 saturated heterocycles. The molecule has 43 heavy (non-hydrogen) atoms. The van der Waals surface area contributed by atoms with Crippen molar-refractivity contribution in [2.45, 2.75) is 37.8 Å². The zero-order valence-electron chi connectivity index (χ0n) is 24.3. The van der Waals surface area contributed by atoms with Gasteiger partial charge in [-0.05, 0) is 74.0 Å². The lowest BCUT2D eigenvalue weighted by Gasteiger charge is -2.28. The average Bonchev–Trinajstić information content (AvgIpc) is 3.04. The number of fused-ring (bicyclic) bond motifs is 2. The lowest BCUT2D eigenvalue weighted by molar-refractivity contribution is 0.0924. The topological polar surface area (TPSA) is 111 Å². The monoisotopic (exact) mass is 575 g/mol. The van der Waals surface area contributed by atoms with E-state index in [-0.39, 0.29) is 24.7 Å². The lowest BCUT2D eigenvalue weighted by atomic mass is 9.92. The minimum atomic E-state index is -0.263. The third-order valence-electron chi connectivity index (χ3n) is 8.29. The van der Waals surface area contributed by atoms with Crippen molar-refractivity contribution in [1.29, 1.82) is 0 Å². The molecule has 1 amide bonds. The molecule has 0 spiro atoms. The van der Waals surface area contributed by atoms with E-state index in [1.54, 1.807) is 0 Å². The van der Waals surface area contributed by atoms with E-state index in [0.717, 1.165) is 75.4 Å². The van der Waals surface area contributed by atoms with Crippen LogP contribution in [0.25, 0.3) is 44.1 Å². The molecule has 6 rings (SSSR count). The number of hydrogen-bond donors (Lipinski definition) is 4. The number of benzene rings is 3. The molecule has 0 aliphatic heterocycles. The number of aromatic nitrogens is 2. The van der Waals surface area contributed by atoms with Crippen molar-refractivity contribution >= 4 is 33.3 Å². The smallest absolute Gasteiger partial charge is 0.254 e. The Hall–Kier alpha value is -4.37. The molecule has 1 fully saturated rings. The normalized spacial score (nSPS) is 16.9. The van der Waals surface area contributed by atoms with Crippen molar-refractivity contribution < 1.29 is 15.0 Å². The third-order valence-corrected chi connectivity index (χ3v) is 8.29. The summed E-state index contributed by atoms with van der Waals surface area (Å²) in [7, 11) is 1.85. The quantitative estimate of drug-likeness (QED) is 0.173. The fourth-order valence-electron chi connectivity index (χ4n) is 5.91. The van der Waals surface area contributed by atoms with Crippen LogP contribution in [0.15, 0.2) is 85.2 Å². The van der Waals surface area contributed by atoms with Crippen molar-refractivity contribution in [2.75, 3.05) is 32.2 Å². The second kappa shape index (κ2) is 12.9. The Morgan fingerprint density at radius 3 is 2.60 bits per heavy atom. The number of para-hydroxylation sites is 1. The predicted molar refractivity (Wildman–Crippen MR) is 172 cm³/mol. The van der Waals surface area contributed by atoms with Gasteiger partial charge >= 0.3 is 0 Å². The number of carbonyl (C=O) groups excluding carboxylic acids is 1. The van der Waals surface area contributed by atoms with E-state index in [4.69, 9.17) is 4.98 Å². The molecule has 2 aromatic heterocycles. The van der Waals surface area contributed by atoms with Gasteiger partial charge in [0.15, 0.2) is 0 Å². The first kappa shape index (κ1) is 28.7. The van der Waals surface area contributed by atoms with Crippen LogP contribution in [0.4, 0.5) is 5.69 Å². The van der Waals surface area contributed by atoms with E-state index in [1.807, 2.05) is 66.8 Å². The number of pyridine rings is 2. The number of anilines is 1. The lowest BCUT2D eigenvalue weighted by Crippen LogP contribution is -2.37. The molecule has 8 heteroatoms. The van der Waals surface area contributed by atoms with E-state index >= 15 is 0 Å². The summed E-state index contributed by atoms with van der Waals surface area (Å²) in [5, 5.41) is 29.0. The summed E-state index contributed by atoms with van der Waals surface area (Å²) in [4.78, 5) is 24.7. The molecule has 3 aromatic carbocycles. The van der Waals surface area contributed by atoms with Crippen LogP contribution < -0.4 is 10.6 Å². The van der Waals surface area contributed by atoms with Crippen LogP contribution in [0.5, 0.6) is 0 Å². The molecule has 0 bridgehead atoms. The molecule has 0 unspecified atom stereocenters. The highest BCUT2D eigenvalue weighted by Crippen LogP contribution is 2.36. The molecule has 1 aliphatic carbocycles. The fraction of sp³-hybridized carbons (Fsp3) is 0.286. The van der Waals surface area contributed by atoms with Gasteiger partial charge in [0.05, 0.1) is 36.2 Å². The zero-order chi connectivity index (χ0) is 29.8. The predicted octanol–water partition coefficient (Wildman–Crippen LogP) is 5.44. The van der Waals surface area contributed by atoms with Gasteiger partial charge in [0.2, 0.25) is 0 Å². The van der Waals surface area contributed by atoms with Crippen molar-refractivity contribution in [3.63, 3.8) is 0 Å². The second-order valence-electron chi connectivity index (χ2n) is 11.4. The summed E-state index contributed by atoms with van der Waals surface area (Å²) < 4.78 is 0. The number of likely N-dealkylation sites (N-methyl/N-ethyl adjacent to an activating group) is 1. The highest BCUT2D eigenvalue weighted by Gasteiger charge is 2.22. The molecule has 220 valence electrons. The second-order valence-corrected chi connectivity index (χ2v) is 11.4. The van der Waals surface area contributed by atoms with Crippen molar-refractivity contribution in [2.24, 2.45) is 0 Å². The molecule has 0 radical (unpaired) electrons. The SMILES string of the molecule is CN(CCO)CNC(=O)c1ccc(-c2nccc3c(-c4cnc5ccccc5c4)cccc23)cc1NC1CCC(O)CC1. The number of nitrogens with zero attached hydrogens (tertiary/aromatic N) is 3. The van der Waals surface area contributed by atoms with E-state index < -0.39 is 0 Å². The number of nitrogens with one attached hydrogen (secondary N) is 2. The molecular formula is C35H37N5O3. The Bertz CT molecular complexity index is 1750. The molecule has 1 saturated carbocycles. The van der Waals surface area contributed by atoms with Gasteiger partial charge in [-0.1, -0.05) is 42.5 Å². The maximum Gasteiger partial charge on any atom is 0.254 e. The van der Waals surface area contributed by atoms with Crippen molar-refractivity contribution in [3.05, 3.63) is 90.8 Å².